The molecule has 6 nitrogen and oxygen atoms in total. The molecule has 1 aromatic carbocycles. The van der Waals surface area contributed by atoms with E-state index < -0.39 is 5.97 Å². The third-order valence-corrected chi connectivity index (χ3v) is 2.15. The highest BCUT2D eigenvalue weighted by molar-refractivity contribution is 6.82. The van der Waals surface area contributed by atoms with E-state index in [2.05, 4.69) is 20.6 Å². The minimum atomic E-state index is -0.699. The Bertz CT molecular complexity index is 503. The molecular weight excluding hydrogens is 270 g/mol. The maximum absolute atomic E-state index is 11.2. The van der Waals surface area contributed by atoms with Gasteiger partial charge in [-0.05, 0) is 25.1 Å². The molecule has 0 fully saturated rings. The number of carbonyl (C=O) groups is 2. The largest absolute Gasteiger partial charge is 0.461 e. The van der Waals surface area contributed by atoms with Crippen LogP contribution < -0.4 is 10.7 Å². The number of nitrogens with one attached hydrogen (secondary N) is 2. The third-order valence-electron chi connectivity index (χ3n) is 1.91. The summed E-state index contributed by atoms with van der Waals surface area (Å²) in [5, 5.41) is 6.00. The monoisotopic (exact) mass is 283 g/mol. The van der Waals surface area contributed by atoms with Crippen molar-refractivity contribution in [1.29, 1.82) is 0 Å². The van der Waals surface area contributed by atoms with Gasteiger partial charge in [-0.15, -0.1) is 0 Å². The first-order valence-corrected chi connectivity index (χ1v) is 5.94. The van der Waals surface area contributed by atoms with Gasteiger partial charge in [0.2, 0.25) is 11.1 Å². The summed E-state index contributed by atoms with van der Waals surface area (Å²) in [7, 11) is 0. The number of hydrogen-bond acceptors (Lipinski definition) is 5. The number of amides is 1. The molecule has 102 valence electrons. The first kappa shape index (κ1) is 15.0. The van der Waals surface area contributed by atoms with Gasteiger partial charge in [0.25, 0.3) is 0 Å². The molecule has 0 aliphatic heterocycles. The fourth-order valence-corrected chi connectivity index (χ4v) is 1.32. The van der Waals surface area contributed by atoms with E-state index in [1.165, 1.54) is 6.92 Å². The molecule has 0 radical (unpaired) electrons. The quantitative estimate of drug-likeness (QED) is 0.493. The molecule has 0 unspecified atom stereocenters. The van der Waals surface area contributed by atoms with Gasteiger partial charge < -0.3 is 10.1 Å². The summed E-state index contributed by atoms with van der Waals surface area (Å²) in [4.78, 5) is 22.1. The highest BCUT2D eigenvalue weighted by Crippen LogP contribution is 2.15. The van der Waals surface area contributed by atoms with Crippen LogP contribution >= 0.6 is 11.6 Å². The number of esters is 1. The predicted octanol–water partition coefficient (Wildman–Crippen LogP) is 2.17. The molecule has 0 aromatic heterocycles. The van der Waals surface area contributed by atoms with Gasteiger partial charge in [-0.25, -0.2) is 4.79 Å². The molecule has 0 atom stereocenters. The summed E-state index contributed by atoms with van der Waals surface area (Å²) in [6, 6.07) is 6.81. The van der Waals surface area contributed by atoms with Crippen LogP contribution in [0.1, 0.15) is 13.8 Å². The van der Waals surface area contributed by atoms with Gasteiger partial charge in [0, 0.05) is 12.6 Å². The van der Waals surface area contributed by atoms with Crippen LogP contribution in [-0.2, 0) is 14.3 Å². The van der Waals surface area contributed by atoms with Gasteiger partial charge >= 0.3 is 5.97 Å². The lowest BCUT2D eigenvalue weighted by molar-refractivity contribution is -0.134. The summed E-state index contributed by atoms with van der Waals surface area (Å²) >= 11 is 5.63. The molecule has 0 bridgehead atoms. The van der Waals surface area contributed by atoms with E-state index in [4.69, 9.17) is 11.6 Å². The first-order valence-electron chi connectivity index (χ1n) is 5.57. The van der Waals surface area contributed by atoms with Crippen LogP contribution in [0.5, 0.6) is 0 Å². The smallest absolute Gasteiger partial charge is 0.370 e. The lowest BCUT2D eigenvalue weighted by Gasteiger charge is -2.05. The van der Waals surface area contributed by atoms with E-state index in [0.717, 1.165) is 0 Å². The van der Waals surface area contributed by atoms with Gasteiger partial charge in [0.15, 0.2) is 0 Å². The summed E-state index contributed by atoms with van der Waals surface area (Å²) in [6.07, 6.45) is 0. The Morgan fingerprint density at radius 2 is 2.05 bits per heavy atom. The van der Waals surface area contributed by atoms with Crippen molar-refractivity contribution in [2.24, 2.45) is 5.10 Å². The average Bonchev–Trinajstić information content (AvgIpc) is 2.36. The van der Waals surface area contributed by atoms with E-state index >= 15 is 0 Å². The van der Waals surface area contributed by atoms with Crippen molar-refractivity contribution >= 4 is 40.0 Å². The normalized spacial score (nSPS) is 10.8. The number of halogens is 1. The molecule has 19 heavy (non-hydrogen) atoms. The van der Waals surface area contributed by atoms with Crippen molar-refractivity contribution in [2.75, 3.05) is 17.3 Å². The number of rotatable bonds is 5. The van der Waals surface area contributed by atoms with Gasteiger partial charge in [0.1, 0.15) is 0 Å². The van der Waals surface area contributed by atoms with Crippen molar-refractivity contribution in [3.05, 3.63) is 24.3 Å². The van der Waals surface area contributed by atoms with Crippen LogP contribution in [-0.4, -0.2) is 23.7 Å². The Hall–Kier alpha value is -2.08. The second kappa shape index (κ2) is 7.38. The van der Waals surface area contributed by atoms with E-state index in [-0.39, 0.29) is 17.7 Å². The molecule has 0 aliphatic rings. The second-order valence-corrected chi connectivity index (χ2v) is 3.85. The maximum atomic E-state index is 11.2. The summed E-state index contributed by atoms with van der Waals surface area (Å²) < 4.78 is 4.67. The Morgan fingerprint density at radius 3 is 2.68 bits per heavy atom. The number of ether oxygens (including phenoxy) is 1. The Morgan fingerprint density at radius 1 is 1.37 bits per heavy atom. The van der Waals surface area contributed by atoms with Gasteiger partial charge in [0.05, 0.1) is 12.3 Å². The average molecular weight is 284 g/mol. The number of anilines is 2. The number of hydrogen-bond donors (Lipinski definition) is 2. The molecule has 0 saturated heterocycles. The van der Waals surface area contributed by atoms with E-state index in [0.29, 0.717) is 11.4 Å². The number of carbonyl (C=O) groups excluding carboxylic acids is 2. The SMILES string of the molecule is CCOC(=O)/C(Cl)=N/Nc1cccc(NC(C)=O)c1. The van der Waals surface area contributed by atoms with Crippen molar-refractivity contribution < 1.29 is 14.3 Å². The van der Waals surface area contributed by atoms with Crippen LogP contribution in [0.3, 0.4) is 0 Å². The van der Waals surface area contributed by atoms with Gasteiger partial charge in [-0.3, -0.25) is 10.2 Å². The molecule has 1 rings (SSSR count). The fourth-order valence-electron chi connectivity index (χ4n) is 1.22. The number of benzene rings is 1. The Kier molecular flexibility index (Phi) is 5.81. The van der Waals surface area contributed by atoms with Gasteiger partial charge in [-0.2, -0.15) is 5.10 Å². The minimum absolute atomic E-state index is 0.176. The highest BCUT2D eigenvalue weighted by atomic mass is 35.5. The summed E-state index contributed by atoms with van der Waals surface area (Å²) in [5.41, 5.74) is 3.79. The first-order chi connectivity index (χ1) is 9.02. The molecule has 0 saturated carbocycles. The summed E-state index contributed by atoms with van der Waals surface area (Å²) in [5.74, 6) is -0.875. The standard InChI is InChI=1S/C12H14ClN3O3/c1-3-19-12(18)11(13)16-15-10-6-4-5-9(7-10)14-8(2)17/h4-7,15H,3H2,1-2H3,(H,14,17)/b16-11-. The van der Waals surface area contributed by atoms with Crippen LogP contribution in [0, 0.1) is 0 Å². The molecule has 1 amide bonds. The topological polar surface area (TPSA) is 79.8 Å². The minimum Gasteiger partial charge on any atom is -0.461 e. The summed E-state index contributed by atoms with van der Waals surface area (Å²) in [6.45, 7) is 3.31. The van der Waals surface area contributed by atoms with Crippen LogP contribution in [0.25, 0.3) is 0 Å². The van der Waals surface area contributed by atoms with Crippen LogP contribution in [0.15, 0.2) is 29.4 Å². The zero-order valence-corrected chi connectivity index (χ0v) is 11.3. The van der Waals surface area contributed by atoms with Crippen LogP contribution in [0.4, 0.5) is 11.4 Å². The molecule has 1 aromatic rings. The van der Waals surface area contributed by atoms with Crippen molar-refractivity contribution in [2.45, 2.75) is 13.8 Å². The van der Waals surface area contributed by atoms with E-state index in [1.54, 1.807) is 31.2 Å². The molecule has 0 aliphatic carbocycles. The zero-order chi connectivity index (χ0) is 14.3. The van der Waals surface area contributed by atoms with Crippen molar-refractivity contribution in [3.8, 4) is 0 Å². The lowest BCUT2D eigenvalue weighted by atomic mass is 10.3. The van der Waals surface area contributed by atoms with E-state index in [9.17, 15) is 9.59 Å². The molecule has 0 heterocycles. The Labute approximate surface area is 115 Å². The molecule has 0 spiro atoms. The molecular formula is C12H14ClN3O3. The van der Waals surface area contributed by atoms with E-state index in [1.807, 2.05) is 0 Å². The maximum Gasteiger partial charge on any atom is 0.370 e. The lowest BCUT2D eigenvalue weighted by Crippen LogP contribution is -2.13. The second-order valence-electron chi connectivity index (χ2n) is 3.50. The molecule has 7 heteroatoms. The number of nitrogens with zero attached hydrogens (tertiary/aromatic N) is 1. The molecule has 2 N–H and O–H groups in total. The third kappa shape index (κ3) is 5.39. The van der Waals surface area contributed by atoms with Crippen molar-refractivity contribution in [1.82, 2.24) is 0 Å². The van der Waals surface area contributed by atoms with Gasteiger partial charge in [-0.1, -0.05) is 17.7 Å². The Balaban J connectivity index is 2.69. The highest BCUT2D eigenvalue weighted by Gasteiger charge is 2.08. The number of hydrazone groups is 1. The fraction of sp³-hybridized carbons (Fsp3) is 0.250. The van der Waals surface area contributed by atoms with Crippen molar-refractivity contribution in [3.63, 3.8) is 0 Å². The predicted molar refractivity (Wildman–Crippen MR) is 74.3 cm³/mol. The van der Waals surface area contributed by atoms with Crippen LogP contribution in [0.2, 0.25) is 0 Å². The zero-order valence-electron chi connectivity index (χ0n) is 10.6.